The van der Waals surface area contributed by atoms with Crippen molar-refractivity contribution in [3.05, 3.63) is 160 Å². The molecule has 0 radical (unpaired) electrons. The van der Waals surface area contributed by atoms with Crippen molar-refractivity contribution in [1.29, 1.82) is 0 Å². The lowest BCUT2D eigenvalue weighted by Crippen LogP contribution is -2.41. The van der Waals surface area contributed by atoms with E-state index >= 15 is 0 Å². The lowest BCUT2D eigenvalue weighted by Gasteiger charge is -2.33. The highest BCUT2D eigenvalue weighted by atomic mass is 19.4. The first-order chi connectivity index (χ1) is 26.5. The van der Waals surface area contributed by atoms with Gasteiger partial charge in [0.25, 0.3) is 5.56 Å². The second-order valence-electron chi connectivity index (χ2n) is 12.5. The normalized spacial score (nSPS) is 11.9. The number of hydrogen-bond acceptors (Lipinski definition) is 6. The van der Waals surface area contributed by atoms with Crippen LogP contribution in [0.5, 0.6) is 5.75 Å². The largest absolute Gasteiger partial charge is 0.494 e. The molecule has 282 valence electrons. The highest BCUT2D eigenvalue weighted by Gasteiger charge is 2.35. The first-order valence-corrected chi connectivity index (χ1v) is 17.4. The number of ether oxygens (including phenoxy) is 1. The maximum absolute atomic E-state index is 14.7. The molecule has 14 heteroatoms. The molecule has 0 saturated heterocycles. The molecule has 0 aliphatic heterocycles. The standard InChI is InChI=1S/C41H36F4N6O4/c1-2-55-31-17-15-30(16-18-31)51-38(49-35-13-7-6-12-32(35)39(51)53)36(20-22-47-40(54)48-29-10-4-3-5-11-29)50(26-28-9-8-21-46-25-28)37(52)24-27-14-19-33(34(42)23-27)41(43,44)45/h3-19,21,23,25,36H,2,20,22,24,26H2,1H3,(H2,47,48,54). The van der Waals surface area contributed by atoms with E-state index in [4.69, 9.17) is 9.72 Å². The van der Waals surface area contributed by atoms with Gasteiger partial charge in [0.2, 0.25) is 5.91 Å². The SMILES string of the molecule is CCOc1ccc(-n2c(C(CCNC(=O)Nc3ccccc3)N(Cc3cccnc3)C(=O)Cc3ccc(C(F)(F)F)c(F)c3)nc3ccccc3c2=O)cc1. The molecule has 2 N–H and O–H groups in total. The summed E-state index contributed by atoms with van der Waals surface area (Å²) in [6.45, 7) is 2.17. The fourth-order valence-electron chi connectivity index (χ4n) is 6.16. The van der Waals surface area contributed by atoms with Gasteiger partial charge in [0, 0.05) is 31.2 Å². The van der Waals surface area contributed by atoms with Gasteiger partial charge in [-0.05, 0) is 91.2 Å². The summed E-state index contributed by atoms with van der Waals surface area (Å²) in [5.41, 5.74) is 0.0278. The summed E-state index contributed by atoms with van der Waals surface area (Å²) >= 11 is 0. The van der Waals surface area contributed by atoms with Gasteiger partial charge in [-0.25, -0.2) is 14.2 Å². The van der Waals surface area contributed by atoms with Crippen LogP contribution >= 0.6 is 0 Å². The Hall–Kier alpha value is -6.57. The Morgan fingerprint density at radius 1 is 0.909 bits per heavy atom. The number of nitrogens with zero attached hydrogens (tertiary/aromatic N) is 4. The molecule has 0 spiro atoms. The Morgan fingerprint density at radius 3 is 2.35 bits per heavy atom. The number of aromatic nitrogens is 3. The molecule has 55 heavy (non-hydrogen) atoms. The van der Waals surface area contributed by atoms with Crippen LogP contribution in [0.25, 0.3) is 16.6 Å². The maximum Gasteiger partial charge on any atom is 0.419 e. The first-order valence-electron chi connectivity index (χ1n) is 17.4. The summed E-state index contributed by atoms with van der Waals surface area (Å²) in [5, 5.41) is 5.87. The maximum atomic E-state index is 14.7. The van der Waals surface area contributed by atoms with Crippen LogP contribution in [0.3, 0.4) is 0 Å². The van der Waals surface area contributed by atoms with Crippen molar-refractivity contribution in [2.75, 3.05) is 18.5 Å². The number of rotatable bonds is 13. The summed E-state index contributed by atoms with van der Waals surface area (Å²) in [5.74, 6) is -1.41. The topological polar surface area (TPSA) is 118 Å². The quantitative estimate of drug-likeness (QED) is 0.116. The molecule has 0 aliphatic rings. The molecule has 6 aromatic rings. The Morgan fingerprint density at radius 2 is 1.65 bits per heavy atom. The number of amides is 3. The highest BCUT2D eigenvalue weighted by Crippen LogP contribution is 2.33. The van der Waals surface area contributed by atoms with E-state index in [1.54, 1.807) is 103 Å². The van der Waals surface area contributed by atoms with Crippen molar-refractivity contribution >= 4 is 28.5 Å². The first kappa shape index (κ1) is 38.2. The number of halogens is 4. The van der Waals surface area contributed by atoms with Gasteiger partial charge in [-0.3, -0.25) is 19.1 Å². The number of pyridine rings is 1. The van der Waals surface area contributed by atoms with Crippen LogP contribution in [0.4, 0.5) is 28.0 Å². The number of alkyl halides is 3. The fraction of sp³-hybridized carbons (Fsp3) is 0.195. The Bertz CT molecular complexity index is 2320. The number of carbonyl (C=O) groups excluding carboxylic acids is 2. The summed E-state index contributed by atoms with van der Waals surface area (Å²) < 4.78 is 61.9. The van der Waals surface area contributed by atoms with E-state index in [1.165, 1.54) is 9.47 Å². The van der Waals surface area contributed by atoms with Crippen LogP contribution in [0.15, 0.2) is 126 Å². The van der Waals surface area contributed by atoms with E-state index in [0.29, 0.717) is 52.3 Å². The third-order valence-corrected chi connectivity index (χ3v) is 8.71. The number of anilines is 1. The van der Waals surface area contributed by atoms with Gasteiger partial charge in [-0.2, -0.15) is 13.2 Å². The van der Waals surface area contributed by atoms with E-state index in [-0.39, 0.29) is 30.9 Å². The van der Waals surface area contributed by atoms with Gasteiger partial charge in [0.1, 0.15) is 17.4 Å². The van der Waals surface area contributed by atoms with Crippen molar-refractivity contribution in [1.82, 2.24) is 24.8 Å². The second kappa shape index (κ2) is 17.1. The number of para-hydroxylation sites is 2. The zero-order chi connectivity index (χ0) is 39.0. The number of hydrogen-bond donors (Lipinski definition) is 2. The van der Waals surface area contributed by atoms with Crippen LogP contribution in [-0.2, 0) is 23.9 Å². The third-order valence-electron chi connectivity index (χ3n) is 8.71. The molecule has 10 nitrogen and oxygen atoms in total. The van der Waals surface area contributed by atoms with Crippen LogP contribution < -0.4 is 20.9 Å². The number of benzene rings is 4. The second-order valence-corrected chi connectivity index (χ2v) is 12.5. The van der Waals surface area contributed by atoms with Crippen molar-refractivity contribution < 1.29 is 31.9 Å². The van der Waals surface area contributed by atoms with E-state index in [9.17, 15) is 31.9 Å². The molecular weight excluding hydrogens is 716 g/mol. The number of nitrogens with one attached hydrogen (secondary N) is 2. The molecule has 0 bridgehead atoms. The molecule has 1 atom stereocenters. The summed E-state index contributed by atoms with van der Waals surface area (Å²) in [4.78, 5) is 52.5. The van der Waals surface area contributed by atoms with Gasteiger partial charge in [-0.1, -0.05) is 42.5 Å². The summed E-state index contributed by atoms with van der Waals surface area (Å²) in [6.07, 6.45) is -2.28. The number of carbonyl (C=O) groups is 2. The average molecular weight is 753 g/mol. The van der Waals surface area contributed by atoms with Crippen LogP contribution in [0, 0.1) is 5.82 Å². The Balaban J connectivity index is 1.47. The van der Waals surface area contributed by atoms with Gasteiger partial charge in [-0.15, -0.1) is 0 Å². The molecule has 0 saturated carbocycles. The van der Waals surface area contributed by atoms with Crippen molar-refractivity contribution in [2.45, 2.75) is 38.5 Å². The predicted octanol–water partition coefficient (Wildman–Crippen LogP) is 7.86. The molecule has 4 aromatic carbocycles. The highest BCUT2D eigenvalue weighted by molar-refractivity contribution is 5.89. The van der Waals surface area contributed by atoms with Gasteiger partial charge < -0.3 is 20.3 Å². The summed E-state index contributed by atoms with van der Waals surface area (Å²) in [7, 11) is 0. The van der Waals surface area contributed by atoms with Gasteiger partial charge >= 0.3 is 12.2 Å². The molecule has 2 aromatic heterocycles. The average Bonchev–Trinajstić information content (AvgIpc) is 3.17. The summed E-state index contributed by atoms with van der Waals surface area (Å²) in [6, 6.07) is 26.5. The van der Waals surface area contributed by atoms with E-state index in [2.05, 4.69) is 15.6 Å². The number of urea groups is 1. The van der Waals surface area contributed by atoms with Gasteiger partial charge in [0.05, 0.1) is 41.2 Å². The lowest BCUT2D eigenvalue weighted by molar-refractivity contribution is -0.140. The molecule has 0 fully saturated rings. The third kappa shape index (κ3) is 9.33. The molecule has 0 aliphatic carbocycles. The number of fused-ring (bicyclic) bond motifs is 1. The van der Waals surface area contributed by atoms with Crippen LogP contribution in [0.2, 0.25) is 0 Å². The minimum Gasteiger partial charge on any atom is -0.494 e. The van der Waals surface area contributed by atoms with Crippen molar-refractivity contribution in [3.8, 4) is 11.4 Å². The smallest absolute Gasteiger partial charge is 0.419 e. The van der Waals surface area contributed by atoms with Crippen molar-refractivity contribution in [3.63, 3.8) is 0 Å². The zero-order valence-electron chi connectivity index (χ0n) is 29.6. The minimum absolute atomic E-state index is 0.00109. The zero-order valence-corrected chi connectivity index (χ0v) is 29.6. The van der Waals surface area contributed by atoms with E-state index in [0.717, 1.165) is 6.07 Å². The predicted molar refractivity (Wildman–Crippen MR) is 199 cm³/mol. The van der Waals surface area contributed by atoms with Gasteiger partial charge in [0.15, 0.2) is 0 Å². The minimum atomic E-state index is -4.92. The molecule has 1 unspecified atom stereocenters. The molecule has 6 rings (SSSR count). The van der Waals surface area contributed by atoms with Crippen LogP contribution in [-0.4, -0.2) is 44.5 Å². The molecular formula is C41H36F4N6O4. The monoisotopic (exact) mass is 752 g/mol. The van der Waals surface area contributed by atoms with Crippen LogP contribution in [0.1, 0.15) is 41.9 Å². The Kier molecular flexibility index (Phi) is 11.8. The molecule has 3 amide bonds. The lowest BCUT2D eigenvalue weighted by atomic mass is 10.0. The fourth-order valence-corrected chi connectivity index (χ4v) is 6.16. The van der Waals surface area contributed by atoms with E-state index in [1.807, 2.05) is 6.92 Å². The van der Waals surface area contributed by atoms with Crippen molar-refractivity contribution in [2.24, 2.45) is 0 Å². The van der Waals surface area contributed by atoms with E-state index < -0.39 is 47.5 Å². The Labute approximate surface area is 313 Å². The molecule has 2 heterocycles.